The molecule has 1 amide bonds. The third-order valence-electron chi connectivity index (χ3n) is 3.99. The molecular formula is C17H25ClN2O4S. The number of carbonyl (C=O) groups is 1. The summed E-state index contributed by atoms with van der Waals surface area (Å²) < 4.78 is 29.4. The molecule has 2 rings (SSSR count). The molecule has 6 nitrogen and oxygen atoms in total. The van der Waals surface area contributed by atoms with Crippen LogP contribution in [-0.4, -0.2) is 52.1 Å². The van der Waals surface area contributed by atoms with Crippen LogP contribution in [0.5, 0.6) is 0 Å². The van der Waals surface area contributed by atoms with Crippen molar-refractivity contribution in [1.82, 2.24) is 0 Å². The number of anilines is 2. The molecule has 1 saturated heterocycles. The molecular weight excluding hydrogens is 364 g/mol. The Balaban J connectivity index is 2.05. The molecule has 1 aliphatic heterocycles. The van der Waals surface area contributed by atoms with Gasteiger partial charge in [0.2, 0.25) is 5.91 Å². The maximum atomic E-state index is 12.2. The van der Waals surface area contributed by atoms with E-state index in [-0.39, 0.29) is 5.75 Å². The Kier molecular flexibility index (Phi) is 7.53. The van der Waals surface area contributed by atoms with Gasteiger partial charge in [-0.05, 0) is 24.6 Å². The van der Waals surface area contributed by atoms with E-state index in [1.54, 1.807) is 12.1 Å². The Labute approximate surface area is 154 Å². The molecule has 0 spiro atoms. The first-order chi connectivity index (χ1) is 11.9. The molecule has 0 aliphatic carbocycles. The summed E-state index contributed by atoms with van der Waals surface area (Å²) in [7, 11) is -3.40. The van der Waals surface area contributed by atoms with Gasteiger partial charge in [0.1, 0.15) is 5.75 Å². The van der Waals surface area contributed by atoms with Crippen molar-refractivity contribution in [3.05, 3.63) is 23.2 Å². The lowest BCUT2D eigenvalue weighted by molar-refractivity contribution is -0.113. The van der Waals surface area contributed by atoms with Crippen LogP contribution in [0.15, 0.2) is 18.2 Å². The number of unbranched alkanes of at least 4 members (excludes halogenated alkanes) is 2. The lowest BCUT2D eigenvalue weighted by atomic mass is 10.2. The molecule has 1 N–H and O–H groups in total. The van der Waals surface area contributed by atoms with Gasteiger partial charge in [0, 0.05) is 18.1 Å². The summed E-state index contributed by atoms with van der Waals surface area (Å²) in [5.74, 6) is -1.00. The van der Waals surface area contributed by atoms with Crippen LogP contribution in [0.3, 0.4) is 0 Å². The van der Waals surface area contributed by atoms with Crippen LogP contribution in [-0.2, 0) is 19.4 Å². The summed E-state index contributed by atoms with van der Waals surface area (Å²) >= 11 is 6.04. The summed E-state index contributed by atoms with van der Waals surface area (Å²) in [6, 6.07) is 5.23. The summed E-state index contributed by atoms with van der Waals surface area (Å²) in [5, 5.41) is 3.19. The summed E-state index contributed by atoms with van der Waals surface area (Å²) in [4.78, 5) is 14.3. The zero-order valence-corrected chi connectivity index (χ0v) is 16.0. The number of nitrogens with zero attached hydrogens (tertiary/aromatic N) is 1. The molecule has 1 aliphatic rings. The fourth-order valence-corrected chi connectivity index (χ4v) is 4.15. The van der Waals surface area contributed by atoms with Gasteiger partial charge in [0.05, 0.1) is 30.3 Å². The minimum atomic E-state index is -3.40. The van der Waals surface area contributed by atoms with Gasteiger partial charge in [-0.1, -0.05) is 31.4 Å². The predicted molar refractivity (Wildman–Crippen MR) is 101 cm³/mol. The van der Waals surface area contributed by atoms with Gasteiger partial charge in [-0.3, -0.25) is 4.79 Å². The van der Waals surface area contributed by atoms with Gasteiger partial charge in [-0.2, -0.15) is 0 Å². The molecule has 1 aromatic rings. The zero-order chi connectivity index (χ0) is 18.3. The van der Waals surface area contributed by atoms with Crippen molar-refractivity contribution in [1.29, 1.82) is 0 Å². The highest BCUT2D eigenvalue weighted by Crippen LogP contribution is 2.30. The van der Waals surface area contributed by atoms with Crippen molar-refractivity contribution in [2.45, 2.75) is 26.2 Å². The highest BCUT2D eigenvalue weighted by Gasteiger charge is 2.20. The average Bonchev–Trinajstić information content (AvgIpc) is 2.55. The van der Waals surface area contributed by atoms with E-state index in [2.05, 4.69) is 10.2 Å². The van der Waals surface area contributed by atoms with Gasteiger partial charge in [0.15, 0.2) is 9.84 Å². The van der Waals surface area contributed by atoms with Crippen molar-refractivity contribution >= 4 is 38.7 Å². The number of rotatable bonds is 8. The van der Waals surface area contributed by atoms with Crippen LogP contribution in [0.25, 0.3) is 0 Å². The number of hydrogen-bond acceptors (Lipinski definition) is 5. The van der Waals surface area contributed by atoms with Crippen LogP contribution in [0.1, 0.15) is 26.2 Å². The largest absolute Gasteiger partial charge is 0.378 e. The number of morpholine rings is 1. The molecule has 0 atom stereocenters. The van der Waals surface area contributed by atoms with Crippen molar-refractivity contribution in [3.8, 4) is 0 Å². The van der Waals surface area contributed by atoms with Crippen LogP contribution < -0.4 is 10.2 Å². The number of amides is 1. The van der Waals surface area contributed by atoms with E-state index in [1.165, 1.54) is 0 Å². The monoisotopic (exact) mass is 388 g/mol. The number of halogens is 1. The number of benzene rings is 1. The van der Waals surface area contributed by atoms with E-state index in [4.69, 9.17) is 16.3 Å². The number of carbonyl (C=O) groups excluding carboxylic acids is 1. The first-order valence-electron chi connectivity index (χ1n) is 8.54. The Morgan fingerprint density at radius 2 is 2.00 bits per heavy atom. The molecule has 25 heavy (non-hydrogen) atoms. The fraction of sp³-hybridized carbons (Fsp3) is 0.588. The maximum absolute atomic E-state index is 12.2. The molecule has 0 unspecified atom stereocenters. The third-order valence-corrected chi connectivity index (χ3v) is 5.84. The van der Waals surface area contributed by atoms with E-state index < -0.39 is 21.5 Å². The van der Waals surface area contributed by atoms with E-state index in [1.807, 2.05) is 13.0 Å². The number of hydrogen-bond donors (Lipinski definition) is 1. The second-order valence-electron chi connectivity index (χ2n) is 6.11. The molecule has 1 aromatic carbocycles. The second kappa shape index (κ2) is 9.40. The Morgan fingerprint density at radius 3 is 2.68 bits per heavy atom. The third kappa shape index (κ3) is 6.49. The summed E-state index contributed by atoms with van der Waals surface area (Å²) in [5.41, 5.74) is 1.35. The normalized spacial score (nSPS) is 15.2. The lowest BCUT2D eigenvalue weighted by Gasteiger charge is -2.30. The van der Waals surface area contributed by atoms with Crippen molar-refractivity contribution in [2.24, 2.45) is 0 Å². The average molecular weight is 389 g/mol. The molecule has 0 bridgehead atoms. The summed E-state index contributed by atoms with van der Waals surface area (Å²) in [6.45, 7) is 4.65. The highest BCUT2D eigenvalue weighted by atomic mass is 35.5. The van der Waals surface area contributed by atoms with E-state index in [0.29, 0.717) is 43.4 Å². The van der Waals surface area contributed by atoms with Crippen molar-refractivity contribution < 1.29 is 17.9 Å². The van der Waals surface area contributed by atoms with Crippen LogP contribution in [0.4, 0.5) is 11.4 Å². The first-order valence-corrected chi connectivity index (χ1v) is 10.7. The Hall–Kier alpha value is -1.31. The van der Waals surface area contributed by atoms with Crippen LogP contribution in [0.2, 0.25) is 5.02 Å². The maximum Gasteiger partial charge on any atom is 0.239 e. The van der Waals surface area contributed by atoms with E-state index in [9.17, 15) is 13.2 Å². The Morgan fingerprint density at radius 1 is 1.28 bits per heavy atom. The molecule has 0 aromatic heterocycles. The van der Waals surface area contributed by atoms with E-state index >= 15 is 0 Å². The minimum absolute atomic E-state index is 0.0418. The number of ether oxygens (including phenoxy) is 1. The molecule has 1 heterocycles. The SMILES string of the molecule is CCCCCS(=O)(=O)CC(=O)Nc1cc(Cl)ccc1N1CCOCC1. The first kappa shape index (κ1) is 20.0. The molecule has 140 valence electrons. The van der Waals surface area contributed by atoms with Gasteiger partial charge >= 0.3 is 0 Å². The molecule has 1 fully saturated rings. The fourth-order valence-electron chi connectivity index (χ4n) is 2.72. The molecule has 0 radical (unpaired) electrons. The number of nitrogens with one attached hydrogen (secondary N) is 1. The quantitative estimate of drug-likeness (QED) is 0.693. The van der Waals surface area contributed by atoms with Gasteiger partial charge < -0.3 is 15.0 Å². The minimum Gasteiger partial charge on any atom is -0.378 e. The smallest absolute Gasteiger partial charge is 0.239 e. The zero-order valence-electron chi connectivity index (χ0n) is 14.5. The Bertz CT molecular complexity index is 688. The second-order valence-corrected chi connectivity index (χ2v) is 8.73. The molecule has 8 heteroatoms. The van der Waals surface area contributed by atoms with Gasteiger partial charge in [-0.15, -0.1) is 0 Å². The van der Waals surface area contributed by atoms with Crippen molar-refractivity contribution in [2.75, 3.05) is 48.0 Å². The standard InChI is InChI=1S/C17H25ClN2O4S/c1-2-3-4-11-25(22,23)13-17(21)19-15-12-14(18)5-6-16(15)20-7-9-24-10-8-20/h5-6,12H,2-4,7-11,13H2,1H3,(H,19,21). The van der Waals surface area contributed by atoms with Crippen molar-refractivity contribution in [3.63, 3.8) is 0 Å². The molecule has 0 saturated carbocycles. The topological polar surface area (TPSA) is 75.7 Å². The van der Waals surface area contributed by atoms with Crippen LogP contribution in [0, 0.1) is 0 Å². The summed E-state index contributed by atoms with van der Waals surface area (Å²) in [6.07, 6.45) is 2.37. The van der Waals surface area contributed by atoms with E-state index in [0.717, 1.165) is 18.5 Å². The van der Waals surface area contributed by atoms with Gasteiger partial charge in [-0.25, -0.2) is 8.42 Å². The number of sulfone groups is 1. The highest BCUT2D eigenvalue weighted by molar-refractivity contribution is 7.92. The predicted octanol–water partition coefficient (Wildman–Crippen LogP) is 2.72. The van der Waals surface area contributed by atoms with Gasteiger partial charge in [0.25, 0.3) is 0 Å². The van der Waals surface area contributed by atoms with Crippen LogP contribution >= 0.6 is 11.6 Å². The lowest BCUT2D eigenvalue weighted by Crippen LogP contribution is -2.37.